The number of hydrogen-bond acceptors (Lipinski definition) is 4. The van der Waals surface area contributed by atoms with Crippen LogP contribution in [-0.2, 0) is 15.3 Å². The Bertz CT molecular complexity index is 788. The number of hydrazone groups is 1. The van der Waals surface area contributed by atoms with Crippen molar-refractivity contribution in [1.29, 1.82) is 0 Å². The Morgan fingerprint density at radius 2 is 1.88 bits per heavy atom. The number of rotatable bonds is 5. The second-order valence-corrected chi connectivity index (χ2v) is 6.78. The molecule has 2 aromatic carbocycles. The number of carbonyl (C=O) groups is 2. The highest BCUT2D eigenvalue weighted by Gasteiger charge is 2.26. The van der Waals surface area contributed by atoms with Gasteiger partial charge >= 0.3 is 0 Å². The fourth-order valence-electron chi connectivity index (χ4n) is 2.41. The third-order valence-corrected chi connectivity index (χ3v) is 4.69. The van der Waals surface area contributed by atoms with Crippen molar-refractivity contribution < 1.29 is 9.59 Å². The molecule has 5 nitrogen and oxygen atoms in total. The lowest BCUT2D eigenvalue weighted by Crippen LogP contribution is -2.31. The minimum atomic E-state index is -0.145. The van der Waals surface area contributed by atoms with E-state index in [2.05, 4.69) is 34.7 Å². The first kappa shape index (κ1) is 17.2. The highest BCUT2D eigenvalue weighted by molar-refractivity contribution is 7.99. The molecular weight excluding hydrogens is 334 g/mol. The van der Waals surface area contributed by atoms with Gasteiger partial charge in [0.25, 0.3) is 5.91 Å². The molecule has 25 heavy (non-hydrogen) atoms. The average Bonchev–Trinajstić information content (AvgIpc) is 2.97. The molecule has 1 N–H and O–H groups in total. The quantitative estimate of drug-likeness (QED) is 0.898. The molecule has 0 radical (unpaired) electrons. The van der Waals surface area contributed by atoms with Crippen LogP contribution in [0.25, 0.3) is 0 Å². The molecule has 0 unspecified atom stereocenters. The van der Waals surface area contributed by atoms with Crippen LogP contribution in [-0.4, -0.2) is 23.4 Å². The van der Waals surface area contributed by atoms with Crippen LogP contribution < -0.4 is 10.3 Å². The number of thioether (sulfide) groups is 1. The summed E-state index contributed by atoms with van der Waals surface area (Å²) in [6.07, 6.45) is 0.114. The van der Waals surface area contributed by atoms with Crippen molar-refractivity contribution in [1.82, 2.24) is 5.32 Å². The van der Waals surface area contributed by atoms with Gasteiger partial charge in [0, 0.05) is 5.75 Å². The molecule has 2 amide bonds. The van der Waals surface area contributed by atoms with Crippen LogP contribution >= 0.6 is 11.8 Å². The Labute approximate surface area is 151 Å². The van der Waals surface area contributed by atoms with E-state index in [4.69, 9.17) is 0 Å². The molecule has 0 atom stereocenters. The predicted octanol–water partition coefficient (Wildman–Crippen LogP) is 3.09. The summed E-state index contributed by atoms with van der Waals surface area (Å²) in [6.45, 7) is 2.05. The molecule has 0 saturated carbocycles. The summed E-state index contributed by atoms with van der Waals surface area (Å²) in [5, 5.41) is 8.28. The first-order chi connectivity index (χ1) is 12.1. The molecule has 0 bridgehead atoms. The van der Waals surface area contributed by atoms with E-state index in [-0.39, 0.29) is 18.2 Å². The fourth-order valence-corrected chi connectivity index (χ4v) is 3.20. The van der Waals surface area contributed by atoms with Crippen molar-refractivity contribution in [3.05, 3.63) is 65.7 Å². The SMILES string of the molecule is Cc1ccc(CSCC(=O)NC2=NN(c3ccccc3)C(=O)C2)cc1. The number of nitrogens with zero attached hydrogens (tertiary/aromatic N) is 2. The lowest BCUT2D eigenvalue weighted by molar-refractivity contribution is -0.117. The van der Waals surface area contributed by atoms with Crippen molar-refractivity contribution in [2.24, 2.45) is 5.10 Å². The van der Waals surface area contributed by atoms with E-state index in [0.717, 1.165) is 5.75 Å². The molecule has 1 heterocycles. The number of carbonyl (C=O) groups excluding carboxylic acids is 2. The summed E-state index contributed by atoms with van der Waals surface area (Å²) < 4.78 is 0. The molecule has 0 aromatic heterocycles. The topological polar surface area (TPSA) is 61.8 Å². The van der Waals surface area contributed by atoms with Gasteiger partial charge in [-0.3, -0.25) is 9.59 Å². The molecule has 6 heteroatoms. The Morgan fingerprint density at radius 1 is 1.16 bits per heavy atom. The summed E-state index contributed by atoms with van der Waals surface area (Å²) in [7, 11) is 0. The van der Waals surface area contributed by atoms with E-state index in [1.54, 1.807) is 0 Å². The highest BCUT2D eigenvalue weighted by atomic mass is 32.2. The van der Waals surface area contributed by atoms with E-state index in [1.807, 2.05) is 37.3 Å². The average molecular weight is 353 g/mol. The third-order valence-electron chi connectivity index (χ3n) is 3.68. The van der Waals surface area contributed by atoms with E-state index in [0.29, 0.717) is 17.3 Å². The number of anilines is 1. The van der Waals surface area contributed by atoms with Crippen LogP contribution in [0.15, 0.2) is 59.7 Å². The van der Waals surface area contributed by atoms with Crippen molar-refractivity contribution in [3.63, 3.8) is 0 Å². The van der Waals surface area contributed by atoms with Crippen LogP contribution in [0.2, 0.25) is 0 Å². The molecule has 1 aliphatic heterocycles. The monoisotopic (exact) mass is 353 g/mol. The number of para-hydroxylation sites is 1. The van der Waals surface area contributed by atoms with Crippen molar-refractivity contribution in [2.45, 2.75) is 19.1 Å². The number of benzene rings is 2. The lowest BCUT2D eigenvalue weighted by Gasteiger charge is -2.10. The van der Waals surface area contributed by atoms with Gasteiger partial charge in [-0.25, -0.2) is 0 Å². The third kappa shape index (κ3) is 4.70. The first-order valence-corrected chi connectivity index (χ1v) is 9.16. The summed E-state index contributed by atoms with van der Waals surface area (Å²) in [5.41, 5.74) is 3.11. The summed E-state index contributed by atoms with van der Waals surface area (Å²) in [5.74, 6) is 1.21. The number of hydrogen-bond donors (Lipinski definition) is 1. The van der Waals surface area contributed by atoms with E-state index in [1.165, 1.54) is 27.9 Å². The largest absolute Gasteiger partial charge is 0.312 e. The van der Waals surface area contributed by atoms with Crippen LogP contribution in [0.3, 0.4) is 0 Å². The molecule has 3 rings (SSSR count). The lowest BCUT2D eigenvalue weighted by atomic mass is 10.2. The zero-order valence-electron chi connectivity index (χ0n) is 13.9. The maximum atomic E-state index is 12.1. The highest BCUT2D eigenvalue weighted by Crippen LogP contribution is 2.19. The predicted molar refractivity (Wildman–Crippen MR) is 101 cm³/mol. The normalized spacial score (nSPS) is 13.7. The molecule has 0 saturated heterocycles. The summed E-state index contributed by atoms with van der Waals surface area (Å²) >= 11 is 1.54. The van der Waals surface area contributed by atoms with Crippen molar-refractivity contribution in [2.75, 3.05) is 10.8 Å². The van der Waals surface area contributed by atoms with Gasteiger partial charge in [-0.1, -0.05) is 48.0 Å². The number of aryl methyl sites for hydroxylation is 1. The van der Waals surface area contributed by atoms with E-state index >= 15 is 0 Å². The fraction of sp³-hybridized carbons (Fsp3) is 0.211. The molecule has 0 spiro atoms. The van der Waals surface area contributed by atoms with Gasteiger partial charge in [0.05, 0.1) is 17.9 Å². The molecule has 128 valence electrons. The summed E-state index contributed by atoms with van der Waals surface area (Å²) in [4.78, 5) is 24.1. The molecule has 0 fully saturated rings. The van der Waals surface area contributed by atoms with Gasteiger partial charge in [-0.15, -0.1) is 11.8 Å². The van der Waals surface area contributed by atoms with E-state index < -0.39 is 0 Å². The Morgan fingerprint density at radius 3 is 2.60 bits per heavy atom. The minimum absolute atomic E-state index is 0.114. The maximum Gasteiger partial charge on any atom is 0.255 e. The van der Waals surface area contributed by atoms with Crippen LogP contribution in [0, 0.1) is 6.92 Å². The van der Waals surface area contributed by atoms with Gasteiger partial charge in [0.15, 0.2) is 0 Å². The van der Waals surface area contributed by atoms with Crippen LogP contribution in [0.4, 0.5) is 5.69 Å². The number of amides is 2. The van der Waals surface area contributed by atoms with Gasteiger partial charge in [-0.2, -0.15) is 10.1 Å². The number of amidine groups is 1. The van der Waals surface area contributed by atoms with Crippen molar-refractivity contribution in [3.8, 4) is 0 Å². The zero-order valence-corrected chi connectivity index (χ0v) is 14.8. The van der Waals surface area contributed by atoms with Gasteiger partial charge < -0.3 is 5.32 Å². The molecule has 1 aliphatic rings. The Balaban J connectivity index is 1.49. The van der Waals surface area contributed by atoms with Gasteiger partial charge in [0.1, 0.15) is 5.84 Å². The van der Waals surface area contributed by atoms with Crippen molar-refractivity contribution >= 4 is 35.1 Å². The zero-order chi connectivity index (χ0) is 17.6. The molecule has 0 aliphatic carbocycles. The molecule has 2 aromatic rings. The van der Waals surface area contributed by atoms with Crippen LogP contribution in [0.5, 0.6) is 0 Å². The van der Waals surface area contributed by atoms with Crippen LogP contribution in [0.1, 0.15) is 17.5 Å². The number of nitrogens with one attached hydrogen (secondary N) is 1. The van der Waals surface area contributed by atoms with Gasteiger partial charge in [-0.05, 0) is 24.6 Å². The minimum Gasteiger partial charge on any atom is -0.312 e. The Kier molecular flexibility index (Phi) is 5.50. The summed E-state index contributed by atoms with van der Waals surface area (Å²) in [6, 6.07) is 17.4. The van der Waals surface area contributed by atoms with E-state index in [9.17, 15) is 9.59 Å². The maximum absolute atomic E-state index is 12.1. The second kappa shape index (κ2) is 7.98. The molecular formula is C19H19N3O2S. The second-order valence-electron chi connectivity index (χ2n) is 5.79. The smallest absolute Gasteiger partial charge is 0.255 e. The van der Waals surface area contributed by atoms with Gasteiger partial charge in [0.2, 0.25) is 5.91 Å². The first-order valence-electron chi connectivity index (χ1n) is 8.00. The Hall–Kier alpha value is -2.60. The standard InChI is InChI=1S/C19H19N3O2S/c1-14-7-9-15(10-8-14)12-25-13-18(23)20-17-11-19(24)22(21-17)16-5-3-2-4-6-16/h2-10H,11-13H2,1H3,(H,20,21,23).